The molecule has 3 aliphatic carbocycles. The predicted octanol–water partition coefficient (Wildman–Crippen LogP) is 6.11. The minimum atomic E-state index is -4.93. The number of alkyl halides is 3. The zero-order valence-electron chi connectivity index (χ0n) is 24.4. The SMILES string of the molecule is COc1ccc(C(=O)NC(C)(C)C)cc1C(=O)N[C@H]1[C@@H](C(=O)Nc2ccc(F)c(C(F)(F)F)c2)[C@H]2CC[C@@H]1/C2=C\C1CC1. The van der Waals surface area contributed by atoms with Gasteiger partial charge in [0.15, 0.2) is 0 Å². The van der Waals surface area contributed by atoms with Gasteiger partial charge in [0.1, 0.15) is 11.6 Å². The number of carbonyl (C=O) groups excluding carboxylic acids is 3. The Morgan fingerprint density at radius 3 is 2.26 bits per heavy atom. The molecule has 230 valence electrons. The van der Waals surface area contributed by atoms with Gasteiger partial charge in [0, 0.05) is 28.7 Å². The van der Waals surface area contributed by atoms with Crippen molar-refractivity contribution in [3.63, 3.8) is 0 Å². The van der Waals surface area contributed by atoms with Crippen LogP contribution in [0.3, 0.4) is 0 Å². The van der Waals surface area contributed by atoms with Gasteiger partial charge in [0.25, 0.3) is 11.8 Å². The summed E-state index contributed by atoms with van der Waals surface area (Å²) < 4.78 is 59.2. The average Bonchev–Trinajstić information content (AvgIpc) is 3.60. The smallest absolute Gasteiger partial charge is 0.419 e. The average molecular weight is 602 g/mol. The third-order valence-electron chi connectivity index (χ3n) is 8.28. The van der Waals surface area contributed by atoms with Crippen molar-refractivity contribution in [1.82, 2.24) is 10.6 Å². The molecule has 2 aromatic carbocycles. The number of ether oxygens (including phenoxy) is 1. The first kappa shape index (κ1) is 30.6. The van der Waals surface area contributed by atoms with E-state index in [1.807, 2.05) is 20.8 Å². The summed E-state index contributed by atoms with van der Waals surface area (Å²) in [6.45, 7) is 5.51. The van der Waals surface area contributed by atoms with E-state index in [0.717, 1.165) is 30.9 Å². The number of hydrogen-bond donors (Lipinski definition) is 3. The molecule has 3 aliphatic rings. The van der Waals surface area contributed by atoms with Crippen LogP contribution in [0.4, 0.5) is 23.2 Å². The molecular weight excluding hydrogens is 566 g/mol. The van der Waals surface area contributed by atoms with Crippen molar-refractivity contribution >= 4 is 23.4 Å². The zero-order chi connectivity index (χ0) is 31.3. The Bertz CT molecular complexity index is 1480. The lowest BCUT2D eigenvalue weighted by molar-refractivity contribution is -0.140. The molecule has 2 bridgehead atoms. The number of nitrogens with one attached hydrogen (secondary N) is 3. The van der Waals surface area contributed by atoms with Gasteiger partial charge in [-0.25, -0.2) is 4.39 Å². The number of fused-ring (bicyclic) bond motifs is 2. The molecule has 0 saturated heterocycles. The zero-order valence-corrected chi connectivity index (χ0v) is 24.4. The molecule has 0 radical (unpaired) electrons. The summed E-state index contributed by atoms with van der Waals surface area (Å²) in [7, 11) is 1.41. The van der Waals surface area contributed by atoms with E-state index in [9.17, 15) is 31.9 Å². The van der Waals surface area contributed by atoms with Crippen molar-refractivity contribution in [3.05, 3.63) is 70.6 Å². The van der Waals surface area contributed by atoms with E-state index >= 15 is 0 Å². The number of carbonyl (C=O) groups is 3. The molecule has 3 amide bonds. The summed E-state index contributed by atoms with van der Waals surface area (Å²) in [5.74, 6) is -3.30. The van der Waals surface area contributed by atoms with Crippen molar-refractivity contribution < 1.29 is 36.7 Å². The van der Waals surface area contributed by atoms with Crippen LogP contribution in [0, 0.1) is 29.5 Å². The third kappa shape index (κ3) is 6.55. The first-order valence-corrected chi connectivity index (χ1v) is 14.4. The second-order valence-electron chi connectivity index (χ2n) is 12.6. The maximum atomic E-state index is 13.9. The molecule has 3 fully saturated rings. The van der Waals surface area contributed by atoms with Gasteiger partial charge in [-0.05, 0) is 94.7 Å². The highest BCUT2D eigenvalue weighted by Gasteiger charge is 2.55. The summed E-state index contributed by atoms with van der Waals surface area (Å²) in [4.78, 5) is 40.2. The van der Waals surface area contributed by atoms with Gasteiger partial charge in [-0.3, -0.25) is 14.4 Å². The number of rotatable bonds is 7. The largest absolute Gasteiger partial charge is 0.496 e. The lowest BCUT2D eigenvalue weighted by atomic mass is 9.83. The Kier molecular flexibility index (Phi) is 8.04. The number of anilines is 1. The summed E-state index contributed by atoms with van der Waals surface area (Å²) >= 11 is 0. The van der Waals surface area contributed by atoms with E-state index in [-0.39, 0.29) is 40.3 Å². The van der Waals surface area contributed by atoms with E-state index in [0.29, 0.717) is 24.5 Å². The van der Waals surface area contributed by atoms with Crippen LogP contribution in [0.5, 0.6) is 5.75 Å². The summed E-state index contributed by atoms with van der Waals surface area (Å²) in [6, 6.07) is 6.22. The standard InChI is InChI=1S/C32H35F4N3O4/c1-31(2,3)39-28(40)17-7-12-25(43-4)22(14-17)29(41)38-27-20-10-9-19(21(20)13-16-5-6-16)26(27)30(42)37-18-8-11-24(33)23(15-18)32(34,35)36/h7-8,11-16,19-20,26-27H,5-6,9-10H2,1-4H3,(H,37,42)(H,38,41)(H,39,40)/b21-13-/t19-,20+,26-,27+/m0/s1. The van der Waals surface area contributed by atoms with Crippen LogP contribution in [-0.4, -0.2) is 36.4 Å². The van der Waals surface area contributed by atoms with Crippen molar-refractivity contribution in [2.75, 3.05) is 12.4 Å². The van der Waals surface area contributed by atoms with Gasteiger partial charge >= 0.3 is 6.18 Å². The molecule has 4 atom stereocenters. The number of allylic oxidation sites excluding steroid dienone is 1. The van der Waals surface area contributed by atoms with Gasteiger partial charge in [-0.15, -0.1) is 0 Å². The lowest BCUT2D eigenvalue weighted by Gasteiger charge is -2.30. The van der Waals surface area contributed by atoms with E-state index in [1.54, 1.807) is 6.07 Å². The molecule has 0 unspecified atom stereocenters. The topological polar surface area (TPSA) is 96.5 Å². The van der Waals surface area contributed by atoms with Crippen molar-refractivity contribution in [1.29, 1.82) is 0 Å². The van der Waals surface area contributed by atoms with Gasteiger partial charge < -0.3 is 20.7 Å². The summed E-state index contributed by atoms with van der Waals surface area (Å²) in [6.07, 6.45) is 0.812. The Morgan fingerprint density at radius 1 is 0.930 bits per heavy atom. The van der Waals surface area contributed by atoms with Crippen molar-refractivity contribution in [2.24, 2.45) is 23.7 Å². The number of amides is 3. The minimum Gasteiger partial charge on any atom is -0.496 e. The Morgan fingerprint density at radius 2 is 1.63 bits per heavy atom. The van der Waals surface area contributed by atoms with Crippen LogP contribution in [0.15, 0.2) is 48.0 Å². The Balaban J connectivity index is 1.43. The number of halogens is 4. The van der Waals surface area contributed by atoms with Crippen LogP contribution >= 0.6 is 0 Å². The Hall–Kier alpha value is -3.89. The number of methoxy groups -OCH3 is 1. The second-order valence-corrected chi connectivity index (χ2v) is 12.6. The molecule has 0 aliphatic heterocycles. The quantitative estimate of drug-likeness (QED) is 0.264. The van der Waals surface area contributed by atoms with Gasteiger partial charge in [0.2, 0.25) is 5.91 Å². The van der Waals surface area contributed by atoms with Gasteiger partial charge in [-0.1, -0.05) is 11.6 Å². The first-order chi connectivity index (χ1) is 20.2. The maximum absolute atomic E-state index is 13.9. The van der Waals surface area contributed by atoms with Gasteiger partial charge in [0.05, 0.1) is 24.2 Å². The first-order valence-electron chi connectivity index (χ1n) is 14.4. The second kappa shape index (κ2) is 11.3. The van der Waals surface area contributed by atoms with Crippen molar-refractivity contribution in [2.45, 2.75) is 64.2 Å². The summed E-state index contributed by atoms with van der Waals surface area (Å²) in [5.41, 5.74) is -0.688. The molecule has 3 saturated carbocycles. The molecule has 2 aromatic rings. The van der Waals surface area contributed by atoms with Crippen LogP contribution < -0.4 is 20.7 Å². The van der Waals surface area contributed by atoms with Crippen LogP contribution in [0.1, 0.15) is 72.7 Å². The highest BCUT2D eigenvalue weighted by Crippen LogP contribution is 2.54. The van der Waals surface area contributed by atoms with Crippen LogP contribution in [0.2, 0.25) is 0 Å². The molecule has 0 aromatic heterocycles. The third-order valence-corrected chi connectivity index (χ3v) is 8.28. The normalized spacial score (nSPS) is 24.1. The molecular formula is C32H35F4N3O4. The van der Waals surface area contributed by atoms with E-state index in [2.05, 4.69) is 22.0 Å². The molecule has 5 rings (SSSR count). The fourth-order valence-corrected chi connectivity index (χ4v) is 6.27. The van der Waals surface area contributed by atoms with Gasteiger partial charge in [-0.2, -0.15) is 13.2 Å². The Labute approximate surface area is 247 Å². The molecule has 0 spiro atoms. The number of benzene rings is 2. The van der Waals surface area contributed by atoms with Crippen molar-refractivity contribution in [3.8, 4) is 5.75 Å². The highest BCUT2D eigenvalue weighted by atomic mass is 19.4. The maximum Gasteiger partial charge on any atom is 0.419 e. The van der Waals surface area contributed by atoms with E-state index in [1.165, 1.54) is 19.2 Å². The van der Waals surface area contributed by atoms with E-state index < -0.39 is 46.9 Å². The number of hydrogen-bond acceptors (Lipinski definition) is 4. The molecule has 11 heteroatoms. The fourth-order valence-electron chi connectivity index (χ4n) is 6.27. The lowest BCUT2D eigenvalue weighted by Crippen LogP contribution is -2.48. The highest BCUT2D eigenvalue weighted by molar-refractivity contribution is 6.02. The minimum absolute atomic E-state index is 0.118. The predicted molar refractivity (Wildman–Crippen MR) is 152 cm³/mol. The van der Waals surface area contributed by atoms with E-state index in [4.69, 9.17) is 4.74 Å². The molecule has 3 N–H and O–H groups in total. The molecule has 43 heavy (non-hydrogen) atoms. The monoisotopic (exact) mass is 601 g/mol. The van der Waals surface area contributed by atoms with Crippen LogP contribution in [-0.2, 0) is 11.0 Å². The summed E-state index contributed by atoms with van der Waals surface area (Å²) in [5, 5.41) is 8.42. The fraction of sp³-hybridized carbons (Fsp3) is 0.469. The molecule has 0 heterocycles. The molecule has 7 nitrogen and oxygen atoms in total. The van der Waals surface area contributed by atoms with Crippen LogP contribution in [0.25, 0.3) is 0 Å².